The Hall–Kier alpha value is -2.43. The first-order chi connectivity index (χ1) is 16.3. The molecule has 186 valence electrons. The van der Waals surface area contributed by atoms with E-state index in [0.717, 1.165) is 44.7 Å². The number of halogens is 3. The Morgan fingerprint density at radius 1 is 1.06 bits per heavy atom. The molecule has 1 amide bonds. The summed E-state index contributed by atoms with van der Waals surface area (Å²) >= 11 is 0. The van der Waals surface area contributed by atoms with Crippen molar-refractivity contribution in [2.24, 2.45) is 5.92 Å². The normalized spacial score (nSPS) is 22.0. The number of nitrogens with one attached hydrogen (secondary N) is 2. The van der Waals surface area contributed by atoms with Gasteiger partial charge in [0.05, 0.1) is 11.7 Å². The van der Waals surface area contributed by atoms with Crippen LogP contribution in [0.3, 0.4) is 0 Å². The lowest BCUT2D eigenvalue weighted by Gasteiger charge is -2.26. The number of aliphatic hydroxyl groups excluding tert-OH is 1. The maximum absolute atomic E-state index is 13.0. The van der Waals surface area contributed by atoms with E-state index < -0.39 is 11.7 Å². The quantitative estimate of drug-likeness (QED) is 0.555. The molecule has 2 heterocycles. The fourth-order valence-corrected chi connectivity index (χ4v) is 4.51. The lowest BCUT2D eigenvalue weighted by Crippen LogP contribution is -2.39. The molecule has 1 saturated carbocycles. The van der Waals surface area contributed by atoms with Crippen molar-refractivity contribution in [2.75, 3.05) is 19.8 Å². The van der Waals surface area contributed by atoms with E-state index in [-0.39, 0.29) is 29.5 Å². The lowest BCUT2D eigenvalue weighted by atomic mass is 9.93. The van der Waals surface area contributed by atoms with Gasteiger partial charge in [0.15, 0.2) is 11.5 Å². The minimum absolute atomic E-state index is 0.0647. The van der Waals surface area contributed by atoms with Gasteiger partial charge in [-0.1, -0.05) is 17.3 Å². The number of aliphatic hydroxyl groups is 1. The van der Waals surface area contributed by atoms with Crippen LogP contribution in [0.4, 0.5) is 13.2 Å². The molecule has 1 aromatic carbocycles. The summed E-state index contributed by atoms with van der Waals surface area (Å²) in [7, 11) is 0. The minimum Gasteiger partial charge on any atom is -0.393 e. The lowest BCUT2D eigenvalue weighted by molar-refractivity contribution is -0.137. The summed E-state index contributed by atoms with van der Waals surface area (Å²) in [5.41, 5.74) is 0.302. The number of hydrogen-bond donors (Lipinski definition) is 3. The molecular formula is C24H30F3N3O4. The molecule has 1 saturated heterocycles. The second-order valence-electron chi connectivity index (χ2n) is 9.08. The molecule has 4 rings (SSSR count). The average molecular weight is 482 g/mol. The summed E-state index contributed by atoms with van der Waals surface area (Å²) in [5, 5.41) is 20.0. The van der Waals surface area contributed by atoms with E-state index >= 15 is 0 Å². The number of ether oxygens (including phenoxy) is 1. The molecule has 34 heavy (non-hydrogen) atoms. The highest BCUT2D eigenvalue weighted by molar-refractivity contribution is 5.95. The van der Waals surface area contributed by atoms with Crippen molar-refractivity contribution in [1.82, 2.24) is 15.8 Å². The fourth-order valence-electron chi connectivity index (χ4n) is 4.51. The molecule has 2 aliphatic rings. The van der Waals surface area contributed by atoms with Crippen molar-refractivity contribution in [3.8, 4) is 11.3 Å². The van der Waals surface area contributed by atoms with Crippen molar-refractivity contribution in [1.29, 1.82) is 0 Å². The molecule has 1 aliphatic carbocycles. The van der Waals surface area contributed by atoms with E-state index in [1.165, 1.54) is 12.1 Å². The zero-order chi connectivity index (χ0) is 24.1. The number of carbonyl (C=O) groups is 1. The zero-order valence-electron chi connectivity index (χ0n) is 18.9. The van der Waals surface area contributed by atoms with Crippen LogP contribution in [0.15, 0.2) is 28.8 Å². The van der Waals surface area contributed by atoms with Gasteiger partial charge in [0.25, 0.3) is 5.91 Å². The standard InChI is InChI=1S/C24H30F3N3O4/c25-24(26,27)17-3-1-16(2-4-17)22-20(14-28-13-15-9-11-33-12-10-15)21(30-34-22)23(32)29-18-5-7-19(31)8-6-18/h1-4,15,18-19,28,31H,5-14H2,(H,29,32). The molecule has 0 radical (unpaired) electrons. The highest BCUT2D eigenvalue weighted by Crippen LogP contribution is 2.33. The Labute approximate surface area is 196 Å². The first-order valence-corrected chi connectivity index (χ1v) is 11.7. The number of hydrogen-bond acceptors (Lipinski definition) is 6. The molecule has 3 N–H and O–H groups in total. The number of amides is 1. The molecule has 7 nitrogen and oxygen atoms in total. The molecule has 0 spiro atoms. The molecule has 0 bridgehead atoms. The second-order valence-corrected chi connectivity index (χ2v) is 9.08. The number of benzene rings is 1. The molecule has 1 aromatic heterocycles. The smallest absolute Gasteiger partial charge is 0.393 e. The number of aromatic nitrogens is 1. The Balaban J connectivity index is 1.52. The van der Waals surface area contributed by atoms with E-state index in [1.54, 1.807) is 0 Å². The van der Waals surface area contributed by atoms with E-state index in [9.17, 15) is 23.1 Å². The average Bonchev–Trinajstić information content (AvgIpc) is 3.25. The molecule has 2 aromatic rings. The molecular weight excluding hydrogens is 451 g/mol. The topological polar surface area (TPSA) is 96.6 Å². The van der Waals surface area contributed by atoms with Crippen molar-refractivity contribution in [3.63, 3.8) is 0 Å². The van der Waals surface area contributed by atoms with Crippen LogP contribution in [0.2, 0.25) is 0 Å². The Morgan fingerprint density at radius 3 is 2.38 bits per heavy atom. The van der Waals surface area contributed by atoms with Crippen molar-refractivity contribution >= 4 is 5.91 Å². The third kappa shape index (κ3) is 6.17. The van der Waals surface area contributed by atoms with E-state index in [1.807, 2.05) is 0 Å². The predicted molar refractivity (Wildman–Crippen MR) is 118 cm³/mol. The predicted octanol–water partition coefficient (Wildman–Crippen LogP) is 3.91. The van der Waals surface area contributed by atoms with Crippen LogP contribution < -0.4 is 10.6 Å². The molecule has 10 heteroatoms. The highest BCUT2D eigenvalue weighted by atomic mass is 19.4. The summed E-state index contributed by atoms with van der Waals surface area (Å²) in [6, 6.07) is 4.57. The van der Waals surface area contributed by atoms with Gasteiger partial charge in [-0.3, -0.25) is 4.79 Å². The minimum atomic E-state index is -4.44. The van der Waals surface area contributed by atoms with Crippen LogP contribution in [-0.2, 0) is 17.5 Å². The van der Waals surface area contributed by atoms with Crippen molar-refractivity contribution < 1.29 is 32.3 Å². The van der Waals surface area contributed by atoms with Crippen LogP contribution in [0, 0.1) is 5.92 Å². The van der Waals surface area contributed by atoms with Crippen LogP contribution in [0.1, 0.15) is 60.1 Å². The first kappa shape index (κ1) is 24.7. The first-order valence-electron chi connectivity index (χ1n) is 11.7. The number of carbonyl (C=O) groups excluding carboxylic acids is 1. The third-order valence-electron chi connectivity index (χ3n) is 6.59. The van der Waals surface area contributed by atoms with Crippen LogP contribution in [0.25, 0.3) is 11.3 Å². The molecule has 0 atom stereocenters. The van der Waals surface area contributed by atoms with Gasteiger partial charge in [-0.25, -0.2) is 0 Å². The largest absolute Gasteiger partial charge is 0.416 e. The van der Waals surface area contributed by atoms with Crippen molar-refractivity contribution in [2.45, 2.75) is 63.4 Å². The fraction of sp³-hybridized carbons (Fsp3) is 0.583. The number of nitrogens with zero attached hydrogens (tertiary/aromatic N) is 1. The molecule has 2 fully saturated rings. The van der Waals surface area contributed by atoms with Gasteiger partial charge in [0, 0.05) is 36.9 Å². The summed E-state index contributed by atoms with van der Waals surface area (Å²) in [6.45, 7) is 2.46. The monoisotopic (exact) mass is 481 g/mol. The van der Waals surface area contributed by atoms with Crippen LogP contribution >= 0.6 is 0 Å². The van der Waals surface area contributed by atoms with Crippen molar-refractivity contribution in [3.05, 3.63) is 41.1 Å². The van der Waals surface area contributed by atoms with Gasteiger partial charge in [0.1, 0.15) is 0 Å². The Bertz CT molecular complexity index is 947. The van der Waals surface area contributed by atoms with Crippen LogP contribution in [-0.4, -0.2) is 48.1 Å². The van der Waals surface area contributed by atoms with Gasteiger partial charge >= 0.3 is 6.18 Å². The summed E-state index contributed by atoms with van der Waals surface area (Å²) in [5.74, 6) is 0.345. The summed E-state index contributed by atoms with van der Waals surface area (Å²) in [6.07, 6.45) is -0.280. The molecule has 0 unspecified atom stereocenters. The van der Waals surface area contributed by atoms with Gasteiger partial charge in [-0.2, -0.15) is 13.2 Å². The van der Waals surface area contributed by atoms with Crippen LogP contribution in [0.5, 0.6) is 0 Å². The zero-order valence-corrected chi connectivity index (χ0v) is 18.9. The summed E-state index contributed by atoms with van der Waals surface area (Å²) in [4.78, 5) is 13.0. The van der Waals surface area contributed by atoms with Gasteiger partial charge in [-0.15, -0.1) is 0 Å². The maximum Gasteiger partial charge on any atom is 0.416 e. The SMILES string of the molecule is O=C(NC1CCC(O)CC1)c1noc(-c2ccc(C(F)(F)F)cc2)c1CNCC1CCOCC1. The van der Waals surface area contributed by atoms with E-state index in [2.05, 4.69) is 15.8 Å². The van der Waals surface area contributed by atoms with Gasteiger partial charge in [0.2, 0.25) is 0 Å². The Morgan fingerprint density at radius 2 is 1.74 bits per heavy atom. The number of alkyl halides is 3. The highest BCUT2D eigenvalue weighted by Gasteiger charge is 2.31. The molecule has 1 aliphatic heterocycles. The van der Waals surface area contributed by atoms with Gasteiger partial charge in [-0.05, 0) is 63.1 Å². The van der Waals surface area contributed by atoms with E-state index in [4.69, 9.17) is 9.26 Å². The second kappa shape index (κ2) is 10.9. The maximum atomic E-state index is 13.0. The number of rotatable bonds is 7. The van der Waals surface area contributed by atoms with Gasteiger partial charge < -0.3 is 25.0 Å². The third-order valence-corrected chi connectivity index (χ3v) is 6.59. The summed E-state index contributed by atoms with van der Waals surface area (Å²) < 4.78 is 49.8. The van der Waals surface area contributed by atoms with E-state index in [0.29, 0.717) is 49.3 Å². The Kier molecular flexibility index (Phi) is 7.90.